The average molecular weight is 610 g/mol. The van der Waals surface area contributed by atoms with E-state index in [1.807, 2.05) is 93.6 Å². The van der Waals surface area contributed by atoms with Gasteiger partial charge in [0.2, 0.25) is 5.91 Å². The van der Waals surface area contributed by atoms with E-state index < -0.39 is 41.1 Å². The number of phenols is 1. The third-order valence-corrected chi connectivity index (χ3v) is 7.76. The number of amides is 3. The van der Waals surface area contributed by atoms with E-state index in [0.717, 1.165) is 16.3 Å². The van der Waals surface area contributed by atoms with Crippen LogP contribution >= 0.6 is 0 Å². The lowest BCUT2D eigenvalue weighted by molar-refractivity contribution is -0.147. The minimum absolute atomic E-state index is 0.0358. The number of benzene rings is 4. The molecule has 0 aromatic heterocycles. The molecule has 45 heavy (non-hydrogen) atoms. The molecule has 8 nitrogen and oxygen atoms in total. The minimum Gasteiger partial charge on any atom is -0.508 e. The van der Waals surface area contributed by atoms with Crippen LogP contribution in [0.2, 0.25) is 0 Å². The van der Waals surface area contributed by atoms with Crippen LogP contribution in [-0.2, 0) is 20.7 Å². The number of anilines is 1. The number of nitrogens with one attached hydrogen (secondary N) is 2. The molecule has 3 amide bonds. The van der Waals surface area contributed by atoms with Crippen LogP contribution in [0, 0.1) is 0 Å². The molecular weight excluding hydrogens is 566 g/mol. The molecule has 0 saturated heterocycles. The first-order valence-electron chi connectivity index (χ1n) is 15.2. The van der Waals surface area contributed by atoms with Gasteiger partial charge in [-0.15, -0.1) is 0 Å². The number of hydrogen-bond donors (Lipinski definition) is 3. The van der Waals surface area contributed by atoms with E-state index in [9.17, 15) is 19.5 Å². The molecule has 4 aromatic carbocycles. The maximum Gasteiger partial charge on any atom is 0.408 e. The number of carbonyl (C=O) groups is 3. The maximum absolute atomic E-state index is 14.8. The van der Waals surface area contributed by atoms with Crippen molar-refractivity contribution in [3.05, 3.63) is 108 Å². The number of alkyl carbamates (subject to hydrolysis) is 1. The fourth-order valence-electron chi connectivity index (χ4n) is 5.16. The molecule has 4 aromatic rings. The summed E-state index contributed by atoms with van der Waals surface area (Å²) in [6.07, 6.45) is -0.0296. The van der Waals surface area contributed by atoms with Crippen LogP contribution in [-0.4, -0.2) is 45.1 Å². The van der Waals surface area contributed by atoms with Gasteiger partial charge in [-0.25, -0.2) is 4.79 Å². The molecule has 0 aliphatic heterocycles. The predicted molar refractivity (Wildman–Crippen MR) is 178 cm³/mol. The monoisotopic (exact) mass is 609 g/mol. The number of ether oxygens (including phenoxy) is 1. The number of rotatable bonds is 10. The summed E-state index contributed by atoms with van der Waals surface area (Å²) in [5.41, 5.74) is 0.322. The van der Waals surface area contributed by atoms with Gasteiger partial charge in [0.1, 0.15) is 23.4 Å². The number of fused-ring (bicyclic) bond motifs is 1. The molecule has 0 aliphatic carbocycles. The molecule has 0 fully saturated rings. The lowest BCUT2D eigenvalue weighted by atomic mass is 9.91. The zero-order valence-corrected chi connectivity index (χ0v) is 26.8. The van der Waals surface area contributed by atoms with Crippen LogP contribution in [0.25, 0.3) is 10.8 Å². The lowest BCUT2D eigenvalue weighted by Gasteiger charge is -2.44. The first kappa shape index (κ1) is 33.1. The molecule has 0 heterocycles. The van der Waals surface area contributed by atoms with E-state index in [1.165, 1.54) is 12.1 Å². The smallest absolute Gasteiger partial charge is 0.408 e. The fourth-order valence-corrected chi connectivity index (χ4v) is 5.16. The predicted octanol–water partition coefficient (Wildman–Crippen LogP) is 7.38. The second kappa shape index (κ2) is 13.8. The molecule has 0 aliphatic rings. The highest BCUT2D eigenvalue weighted by Crippen LogP contribution is 2.34. The van der Waals surface area contributed by atoms with E-state index in [0.29, 0.717) is 17.7 Å². The Labute approximate surface area is 265 Å². The Bertz CT molecular complexity index is 1630. The molecule has 4 rings (SSSR count). The van der Waals surface area contributed by atoms with Gasteiger partial charge in [0.25, 0.3) is 5.91 Å². The number of aromatic hydroxyl groups is 1. The van der Waals surface area contributed by atoms with Gasteiger partial charge in [-0.1, -0.05) is 79.7 Å². The minimum atomic E-state index is -1.10. The SMILES string of the molecule is CCC(C)(C)N(C(=O)C(Cc1ccccc1)NC(=O)OC(C)(C)C)C(C(=O)Nc1ccc2ccccc2c1)c1ccc(O)cc1. The largest absolute Gasteiger partial charge is 0.508 e. The molecule has 8 heteroatoms. The number of carbonyl (C=O) groups excluding carboxylic acids is 3. The van der Waals surface area contributed by atoms with E-state index in [-0.39, 0.29) is 12.2 Å². The zero-order chi connectivity index (χ0) is 32.8. The van der Waals surface area contributed by atoms with E-state index in [2.05, 4.69) is 10.6 Å². The normalized spacial score (nSPS) is 13.0. The Kier molecular flexibility index (Phi) is 10.2. The zero-order valence-electron chi connectivity index (χ0n) is 26.8. The van der Waals surface area contributed by atoms with Crippen LogP contribution in [0.3, 0.4) is 0 Å². The molecule has 2 atom stereocenters. The summed E-state index contributed by atoms with van der Waals surface area (Å²) in [6, 6.07) is 27.0. The van der Waals surface area contributed by atoms with Gasteiger partial charge >= 0.3 is 6.09 Å². The van der Waals surface area contributed by atoms with Gasteiger partial charge in [0, 0.05) is 17.6 Å². The highest BCUT2D eigenvalue weighted by molar-refractivity contribution is 6.00. The van der Waals surface area contributed by atoms with Crippen LogP contribution in [0.15, 0.2) is 97.1 Å². The van der Waals surface area contributed by atoms with Crippen molar-refractivity contribution in [3.8, 4) is 5.75 Å². The van der Waals surface area contributed by atoms with Crippen molar-refractivity contribution in [3.63, 3.8) is 0 Å². The molecule has 0 radical (unpaired) electrons. The first-order valence-corrected chi connectivity index (χ1v) is 15.2. The topological polar surface area (TPSA) is 108 Å². The van der Waals surface area contributed by atoms with Crippen LogP contribution in [0.4, 0.5) is 10.5 Å². The standard InChI is InChI=1S/C37H43N3O5/c1-7-37(5,6)40(34(43)31(23-25-13-9-8-10-14-25)39-35(44)45-36(2,3)4)32(27-18-21-30(41)22-19-27)33(42)38-29-20-17-26-15-11-12-16-28(26)24-29/h8-22,24,31-32,41H,7,23H2,1-6H3,(H,38,42)(H,39,44). The lowest BCUT2D eigenvalue weighted by Crippen LogP contribution is -2.59. The van der Waals surface area contributed by atoms with Crippen molar-refractivity contribution in [2.24, 2.45) is 0 Å². The highest BCUT2D eigenvalue weighted by Gasteiger charge is 2.43. The van der Waals surface area contributed by atoms with Gasteiger partial charge in [-0.05, 0) is 87.2 Å². The summed E-state index contributed by atoms with van der Waals surface area (Å²) < 4.78 is 5.54. The van der Waals surface area contributed by atoms with Gasteiger partial charge in [-0.3, -0.25) is 9.59 Å². The van der Waals surface area contributed by atoms with E-state index >= 15 is 0 Å². The number of hydrogen-bond acceptors (Lipinski definition) is 5. The van der Waals surface area contributed by atoms with Crippen LogP contribution in [0.5, 0.6) is 5.75 Å². The summed E-state index contributed by atoms with van der Waals surface area (Å²) in [6.45, 7) is 11.0. The summed E-state index contributed by atoms with van der Waals surface area (Å²) >= 11 is 0. The quantitative estimate of drug-likeness (QED) is 0.174. The van der Waals surface area contributed by atoms with Gasteiger partial charge in [-0.2, -0.15) is 0 Å². The Morgan fingerprint density at radius 3 is 2.07 bits per heavy atom. The average Bonchev–Trinajstić information content (AvgIpc) is 2.99. The number of nitrogens with zero attached hydrogens (tertiary/aromatic N) is 1. The van der Waals surface area contributed by atoms with Gasteiger partial charge < -0.3 is 25.4 Å². The Morgan fingerprint density at radius 1 is 0.822 bits per heavy atom. The van der Waals surface area contributed by atoms with Crippen LogP contribution < -0.4 is 10.6 Å². The Morgan fingerprint density at radius 2 is 1.44 bits per heavy atom. The summed E-state index contributed by atoms with van der Waals surface area (Å²) in [7, 11) is 0. The third kappa shape index (κ3) is 8.62. The Balaban J connectivity index is 1.79. The van der Waals surface area contributed by atoms with Crippen molar-refractivity contribution in [1.29, 1.82) is 0 Å². The van der Waals surface area contributed by atoms with Crippen molar-refractivity contribution in [2.75, 3.05) is 5.32 Å². The van der Waals surface area contributed by atoms with Crippen molar-refractivity contribution in [2.45, 2.75) is 77.6 Å². The van der Waals surface area contributed by atoms with Crippen molar-refractivity contribution < 1.29 is 24.2 Å². The number of phenolic OH excluding ortho intramolecular Hbond substituents is 1. The molecule has 236 valence electrons. The first-order chi connectivity index (χ1) is 21.3. The second-order valence-electron chi connectivity index (χ2n) is 12.8. The summed E-state index contributed by atoms with van der Waals surface area (Å²) in [5.74, 6) is -0.835. The fraction of sp³-hybridized carbons (Fsp3) is 0.324. The van der Waals surface area contributed by atoms with Gasteiger partial charge in [0.15, 0.2) is 0 Å². The van der Waals surface area contributed by atoms with Crippen molar-refractivity contribution >= 4 is 34.4 Å². The third-order valence-electron chi connectivity index (χ3n) is 7.76. The van der Waals surface area contributed by atoms with Crippen molar-refractivity contribution in [1.82, 2.24) is 10.2 Å². The molecule has 2 unspecified atom stereocenters. The van der Waals surface area contributed by atoms with E-state index in [4.69, 9.17) is 4.74 Å². The Hall–Kier alpha value is -4.85. The second-order valence-corrected chi connectivity index (χ2v) is 12.8. The highest BCUT2D eigenvalue weighted by atomic mass is 16.6. The molecule has 0 spiro atoms. The van der Waals surface area contributed by atoms with Crippen LogP contribution in [0.1, 0.15) is 65.1 Å². The summed E-state index contributed by atoms with van der Waals surface area (Å²) in [4.78, 5) is 43.8. The maximum atomic E-state index is 14.8. The molecule has 0 saturated carbocycles. The summed E-state index contributed by atoms with van der Waals surface area (Å²) in [5, 5.41) is 17.9. The van der Waals surface area contributed by atoms with Gasteiger partial charge in [0.05, 0.1) is 0 Å². The van der Waals surface area contributed by atoms with E-state index in [1.54, 1.807) is 37.8 Å². The molecule has 0 bridgehead atoms. The molecule has 3 N–H and O–H groups in total. The molecular formula is C37H43N3O5.